The number of benzene rings is 2. The summed E-state index contributed by atoms with van der Waals surface area (Å²) in [7, 11) is 3.27. The van der Waals surface area contributed by atoms with E-state index in [1.165, 1.54) is 19.3 Å². The van der Waals surface area contributed by atoms with Crippen LogP contribution in [0.15, 0.2) is 65.8 Å². The molecule has 3 aromatic rings. The highest BCUT2D eigenvalue weighted by molar-refractivity contribution is 6.11. The largest absolute Gasteiger partial charge is 0.493 e. The van der Waals surface area contributed by atoms with Gasteiger partial charge in [-0.25, -0.2) is 0 Å². The number of nitrogens with zero attached hydrogens (tertiary/aromatic N) is 3. The predicted octanol–water partition coefficient (Wildman–Crippen LogP) is 5.79. The molecule has 0 amide bonds. The number of nitrogen functional groups attached to an aromatic ring is 1. The third-order valence-corrected chi connectivity index (χ3v) is 6.56. The highest BCUT2D eigenvalue weighted by atomic mass is 16.5. The van der Waals surface area contributed by atoms with Crippen LogP contribution in [0.5, 0.6) is 17.4 Å². The highest BCUT2D eigenvalue weighted by Gasteiger charge is 2.14. The first kappa shape index (κ1) is 26.9. The molecule has 0 saturated carbocycles. The van der Waals surface area contributed by atoms with Gasteiger partial charge in [0.1, 0.15) is 0 Å². The molecule has 1 saturated heterocycles. The average molecular weight is 516 g/mol. The van der Waals surface area contributed by atoms with E-state index in [1.54, 1.807) is 20.4 Å². The first-order valence-corrected chi connectivity index (χ1v) is 13.0. The summed E-state index contributed by atoms with van der Waals surface area (Å²) in [5.74, 6) is 2.60. The first-order chi connectivity index (χ1) is 18.6. The molecule has 0 atom stereocenters. The SMILES string of the molecule is C/C=C(/C=N/Nc1cc(N2CCCCC2)cc(OCCc2ccc(OC)c(OC)c2)n1)c1ccccc1N. The molecule has 3 N–H and O–H groups in total. The molecule has 1 aromatic heterocycles. The first-order valence-electron chi connectivity index (χ1n) is 13.0. The van der Waals surface area contributed by atoms with E-state index in [1.807, 2.05) is 67.6 Å². The molecule has 200 valence electrons. The maximum absolute atomic E-state index is 6.15. The second kappa shape index (κ2) is 13.4. The van der Waals surface area contributed by atoms with Gasteiger partial charge in [-0.15, -0.1) is 0 Å². The zero-order valence-electron chi connectivity index (χ0n) is 22.4. The quantitative estimate of drug-likeness (QED) is 0.189. The molecule has 0 spiro atoms. The minimum absolute atomic E-state index is 0.477. The van der Waals surface area contributed by atoms with Crippen LogP contribution in [0.3, 0.4) is 0 Å². The van der Waals surface area contributed by atoms with Crippen molar-refractivity contribution in [2.24, 2.45) is 5.10 Å². The van der Waals surface area contributed by atoms with Gasteiger partial charge < -0.3 is 24.8 Å². The summed E-state index contributed by atoms with van der Waals surface area (Å²) in [5.41, 5.74) is 14.0. The van der Waals surface area contributed by atoms with E-state index in [4.69, 9.17) is 19.9 Å². The molecule has 2 heterocycles. The van der Waals surface area contributed by atoms with Gasteiger partial charge in [0.25, 0.3) is 0 Å². The molecule has 0 unspecified atom stereocenters. The number of hydrazone groups is 1. The zero-order valence-corrected chi connectivity index (χ0v) is 22.4. The van der Waals surface area contributed by atoms with E-state index in [0.29, 0.717) is 41.9 Å². The standard InChI is InChI=1S/C30H37N5O3/c1-4-23(25-10-6-7-11-26(25)31)21-32-34-29-19-24(35-15-8-5-9-16-35)20-30(33-29)38-17-14-22-12-13-27(36-2)28(18-22)37-3/h4,6-7,10-13,18-21H,5,8-9,14-17,31H2,1-3H3,(H,33,34)/b23-4-,32-21+. The van der Waals surface area contributed by atoms with Crippen LogP contribution in [0.25, 0.3) is 5.57 Å². The van der Waals surface area contributed by atoms with Crippen molar-refractivity contribution < 1.29 is 14.2 Å². The van der Waals surface area contributed by atoms with E-state index in [0.717, 1.165) is 35.5 Å². The second-order valence-corrected chi connectivity index (χ2v) is 9.09. The van der Waals surface area contributed by atoms with Gasteiger partial charge in [0.15, 0.2) is 17.3 Å². The molecule has 2 aromatic carbocycles. The van der Waals surface area contributed by atoms with Crippen molar-refractivity contribution in [2.45, 2.75) is 32.6 Å². The summed E-state index contributed by atoms with van der Waals surface area (Å²) < 4.78 is 16.9. The Kier molecular flexibility index (Phi) is 9.45. The van der Waals surface area contributed by atoms with Crippen LogP contribution in [0.4, 0.5) is 17.2 Å². The van der Waals surface area contributed by atoms with Crippen LogP contribution in [0, 0.1) is 0 Å². The summed E-state index contributed by atoms with van der Waals surface area (Å²) in [5, 5.41) is 4.46. The van der Waals surface area contributed by atoms with Crippen LogP contribution in [-0.4, -0.2) is 45.1 Å². The lowest BCUT2D eigenvalue weighted by Gasteiger charge is -2.29. The lowest BCUT2D eigenvalue weighted by molar-refractivity contribution is 0.309. The summed E-state index contributed by atoms with van der Waals surface area (Å²) >= 11 is 0. The van der Waals surface area contributed by atoms with Crippen molar-refractivity contribution in [1.29, 1.82) is 0 Å². The predicted molar refractivity (Wildman–Crippen MR) is 156 cm³/mol. The van der Waals surface area contributed by atoms with E-state index in [9.17, 15) is 0 Å². The van der Waals surface area contributed by atoms with Crippen LogP contribution >= 0.6 is 0 Å². The number of nitrogens with two attached hydrogens (primary N) is 1. The van der Waals surface area contributed by atoms with Gasteiger partial charge >= 0.3 is 0 Å². The normalized spacial score (nSPS) is 14.0. The Labute approximate surface area is 225 Å². The minimum Gasteiger partial charge on any atom is -0.493 e. The van der Waals surface area contributed by atoms with Crippen molar-refractivity contribution in [3.63, 3.8) is 0 Å². The fourth-order valence-corrected chi connectivity index (χ4v) is 4.49. The smallest absolute Gasteiger partial charge is 0.217 e. The number of piperidine rings is 1. The number of anilines is 3. The number of hydrogen-bond donors (Lipinski definition) is 2. The van der Waals surface area contributed by atoms with Gasteiger partial charge in [0.2, 0.25) is 5.88 Å². The Balaban J connectivity index is 1.48. The Morgan fingerprint density at radius 2 is 1.82 bits per heavy atom. The Bertz CT molecular complexity index is 1270. The van der Waals surface area contributed by atoms with Gasteiger partial charge in [-0.2, -0.15) is 10.1 Å². The number of para-hydroxylation sites is 1. The number of methoxy groups -OCH3 is 2. The number of hydrogen-bond acceptors (Lipinski definition) is 8. The Hall–Kier alpha value is -4.20. The third kappa shape index (κ3) is 6.97. The molecule has 4 rings (SSSR count). The van der Waals surface area contributed by atoms with Crippen molar-refractivity contribution >= 4 is 29.0 Å². The molecule has 8 nitrogen and oxygen atoms in total. The number of rotatable bonds is 11. The second-order valence-electron chi connectivity index (χ2n) is 9.09. The zero-order chi connectivity index (χ0) is 26.7. The topological polar surface area (TPSA) is 94.2 Å². The van der Waals surface area contributed by atoms with Gasteiger partial charge in [-0.05, 0) is 55.5 Å². The van der Waals surface area contributed by atoms with Crippen LogP contribution < -0.4 is 30.3 Å². The maximum atomic E-state index is 6.15. The van der Waals surface area contributed by atoms with E-state index < -0.39 is 0 Å². The Morgan fingerprint density at radius 1 is 1.03 bits per heavy atom. The highest BCUT2D eigenvalue weighted by Crippen LogP contribution is 2.29. The van der Waals surface area contributed by atoms with Crippen molar-refractivity contribution in [3.8, 4) is 17.4 Å². The van der Waals surface area contributed by atoms with Crippen LogP contribution in [0.2, 0.25) is 0 Å². The van der Waals surface area contributed by atoms with E-state index in [-0.39, 0.29) is 0 Å². The van der Waals surface area contributed by atoms with Gasteiger partial charge in [-0.3, -0.25) is 5.43 Å². The summed E-state index contributed by atoms with van der Waals surface area (Å²) in [6, 6.07) is 17.7. The maximum Gasteiger partial charge on any atom is 0.217 e. The lowest BCUT2D eigenvalue weighted by Crippen LogP contribution is -2.29. The van der Waals surface area contributed by atoms with Crippen molar-refractivity contribution in [2.75, 3.05) is 50.0 Å². The number of nitrogens with one attached hydrogen (secondary N) is 1. The van der Waals surface area contributed by atoms with Crippen molar-refractivity contribution in [1.82, 2.24) is 4.98 Å². The fraction of sp³-hybridized carbons (Fsp3) is 0.333. The molecular formula is C30H37N5O3. The molecule has 1 aliphatic heterocycles. The monoisotopic (exact) mass is 515 g/mol. The molecule has 8 heteroatoms. The lowest BCUT2D eigenvalue weighted by atomic mass is 10.1. The number of pyridine rings is 1. The van der Waals surface area contributed by atoms with Gasteiger partial charge in [0, 0.05) is 48.6 Å². The van der Waals surface area contributed by atoms with Crippen LogP contribution in [0.1, 0.15) is 37.3 Å². The van der Waals surface area contributed by atoms with Crippen molar-refractivity contribution in [3.05, 3.63) is 71.8 Å². The van der Waals surface area contributed by atoms with Gasteiger partial charge in [0.05, 0.1) is 27.0 Å². The van der Waals surface area contributed by atoms with E-state index >= 15 is 0 Å². The molecule has 38 heavy (non-hydrogen) atoms. The third-order valence-electron chi connectivity index (χ3n) is 6.56. The molecular weight excluding hydrogens is 478 g/mol. The minimum atomic E-state index is 0.477. The molecule has 0 radical (unpaired) electrons. The molecule has 0 aliphatic carbocycles. The molecule has 1 aliphatic rings. The summed E-state index contributed by atoms with van der Waals surface area (Å²) in [4.78, 5) is 7.05. The average Bonchev–Trinajstić information content (AvgIpc) is 2.96. The Morgan fingerprint density at radius 3 is 2.55 bits per heavy atom. The number of allylic oxidation sites excluding steroid dienone is 2. The molecule has 1 fully saturated rings. The van der Waals surface area contributed by atoms with E-state index in [2.05, 4.69) is 20.4 Å². The fourth-order valence-electron chi connectivity index (χ4n) is 4.49. The number of aromatic nitrogens is 1. The van der Waals surface area contributed by atoms with Gasteiger partial charge in [-0.1, -0.05) is 30.3 Å². The summed E-state index contributed by atoms with van der Waals surface area (Å²) in [6.45, 7) is 4.49. The summed E-state index contributed by atoms with van der Waals surface area (Å²) in [6.07, 6.45) is 8.08. The van der Waals surface area contributed by atoms with Crippen LogP contribution in [-0.2, 0) is 6.42 Å². The number of ether oxygens (including phenoxy) is 3. The molecule has 0 bridgehead atoms.